The maximum absolute atomic E-state index is 13.6. The molecule has 34 heavy (non-hydrogen) atoms. The average Bonchev–Trinajstić information content (AvgIpc) is 3.26. The van der Waals surface area contributed by atoms with Crippen LogP contribution in [0.2, 0.25) is 0 Å². The first-order valence-corrected chi connectivity index (χ1v) is 11.6. The Hall–Kier alpha value is -3.45. The predicted octanol–water partition coefficient (Wildman–Crippen LogP) is 4.60. The molecule has 0 radical (unpaired) electrons. The highest BCUT2D eigenvalue weighted by Gasteiger charge is 2.42. The molecule has 0 spiro atoms. The fraction of sp³-hybridized carbons (Fsp3) is 0.333. The van der Waals surface area contributed by atoms with Gasteiger partial charge in [0.1, 0.15) is 11.6 Å². The van der Waals surface area contributed by atoms with Gasteiger partial charge in [0, 0.05) is 17.8 Å². The van der Waals surface area contributed by atoms with Crippen molar-refractivity contribution in [3.63, 3.8) is 0 Å². The molecule has 2 unspecified atom stereocenters. The van der Waals surface area contributed by atoms with E-state index in [1.54, 1.807) is 25.6 Å². The molecule has 3 aromatic rings. The van der Waals surface area contributed by atoms with E-state index in [1.807, 2.05) is 46.9 Å². The number of halogens is 1. The predicted molar refractivity (Wildman–Crippen MR) is 127 cm³/mol. The van der Waals surface area contributed by atoms with Crippen LogP contribution in [0.25, 0.3) is 11.8 Å². The number of carbonyl (C=O) groups is 1. The molecule has 3 atom stereocenters. The van der Waals surface area contributed by atoms with Gasteiger partial charge >= 0.3 is 0 Å². The molecule has 5 rings (SSSR count). The van der Waals surface area contributed by atoms with Gasteiger partial charge in [-0.25, -0.2) is 9.37 Å². The van der Waals surface area contributed by atoms with Gasteiger partial charge in [-0.15, -0.1) is 0 Å². The van der Waals surface area contributed by atoms with Crippen LogP contribution in [0, 0.1) is 12.7 Å². The number of aryl methyl sites for hydroxylation is 1. The lowest BCUT2D eigenvalue weighted by atomic mass is 9.82. The first-order valence-electron chi connectivity index (χ1n) is 11.6. The van der Waals surface area contributed by atoms with Gasteiger partial charge in [-0.3, -0.25) is 4.79 Å². The lowest BCUT2D eigenvalue weighted by Gasteiger charge is -2.47. The molecule has 6 nitrogen and oxygen atoms in total. The Morgan fingerprint density at radius 3 is 2.68 bits per heavy atom. The number of hydrogen-bond acceptors (Lipinski definition) is 4. The second kappa shape index (κ2) is 9.06. The minimum atomic E-state index is -0.474. The summed E-state index contributed by atoms with van der Waals surface area (Å²) in [4.78, 5) is 19.8. The average molecular weight is 462 g/mol. The van der Waals surface area contributed by atoms with E-state index in [-0.39, 0.29) is 23.8 Å². The molecule has 2 saturated heterocycles. The van der Waals surface area contributed by atoms with E-state index < -0.39 is 6.10 Å². The standard InChI is InChI=1S/C27H28FN3O3/c1-17-15-30(16-29-17)24-10-3-18(12-26(24)34-2)11-20-6-9-22-13-23(32)14-25(31(22)27(20)33)19-4-7-21(28)8-5-19/h3-5,7-8,10-12,15-16,22-23,25,32H,6,9,13-14H2,1-2H3/t22-,23?,25?/m0/s1. The fourth-order valence-electron chi connectivity index (χ4n) is 5.18. The summed E-state index contributed by atoms with van der Waals surface area (Å²) in [6.07, 6.45) is 7.59. The molecule has 2 fully saturated rings. The molecule has 176 valence electrons. The zero-order chi connectivity index (χ0) is 23.8. The van der Waals surface area contributed by atoms with Crippen LogP contribution in [-0.2, 0) is 4.79 Å². The van der Waals surface area contributed by atoms with Crippen LogP contribution < -0.4 is 4.74 Å². The van der Waals surface area contributed by atoms with Gasteiger partial charge in [-0.2, -0.15) is 0 Å². The van der Waals surface area contributed by atoms with Crippen molar-refractivity contribution in [3.8, 4) is 11.4 Å². The third kappa shape index (κ3) is 4.23. The second-order valence-corrected chi connectivity index (χ2v) is 9.12. The lowest BCUT2D eigenvalue weighted by molar-refractivity contribution is -0.139. The summed E-state index contributed by atoms with van der Waals surface area (Å²) >= 11 is 0. The number of benzene rings is 2. The molecule has 0 bridgehead atoms. The number of methoxy groups -OCH3 is 1. The Balaban J connectivity index is 1.45. The van der Waals surface area contributed by atoms with Crippen molar-refractivity contribution in [2.24, 2.45) is 0 Å². The van der Waals surface area contributed by atoms with Gasteiger partial charge in [0.15, 0.2) is 0 Å². The van der Waals surface area contributed by atoms with Crippen molar-refractivity contribution < 1.29 is 19.0 Å². The highest BCUT2D eigenvalue weighted by molar-refractivity contribution is 5.99. The topological polar surface area (TPSA) is 67.6 Å². The number of amides is 1. The van der Waals surface area contributed by atoms with Crippen LogP contribution >= 0.6 is 0 Å². The minimum Gasteiger partial charge on any atom is -0.495 e. The number of imidazole rings is 1. The Morgan fingerprint density at radius 1 is 1.18 bits per heavy atom. The summed E-state index contributed by atoms with van der Waals surface area (Å²) in [6.45, 7) is 1.93. The lowest BCUT2D eigenvalue weighted by Crippen LogP contribution is -2.52. The highest BCUT2D eigenvalue weighted by Crippen LogP contribution is 2.41. The summed E-state index contributed by atoms with van der Waals surface area (Å²) in [5.41, 5.74) is 4.25. The molecule has 2 aliphatic rings. The van der Waals surface area contributed by atoms with E-state index in [4.69, 9.17) is 4.74 Å². The Morgan fingerprint density at radius 2 is 1.97 bits per heavy atom. The molecule has 1 aromatic heterocycles. The quantitative estimate of drug-likeness (QED) is 0.577. The van der Waals surface area contributed by atoms with Crippen LogP contribution in [0.5, 0.6) is 5.75 Å². The monoisotopic (exact) mass is 461 g/mol. The van der Waals surface area contributed by atoms with E-state index in [0.717, 1.165) is 34.5 Å². The first kappa shape index (κ1) is 22.3. The number of carbonyl (C=O) groups excluding carboxylic acids is 1. The summed E-state index contributed by atoms with van der Waals surface area (Å²) in [5.74, 6) is 0.356. The number of hydrogen-bond donors (Lipinski definition) is 1. The first-order chi connectivity index (χ1) is 16.4. The fourth-order valence-corrected chi connectivity index (χ4v) is 5.18. The number of aliphatic hydroxyl groups is 1. The van der Waals surface area contributed by atoms with E-state index in [0.29, 0.717) is 25.0 Å². The molecule has 1 N–H and O–H groups in total. The molecular formula is C27H28FN3O3. The van der Waals surface area contributed by atoms with E-state index in [9.17, 15) is 14.3 Å². The Bertz CT molecular complexity index is 1230. The molecule has 0 aliphatic carbocycles. The van der Waals surface area contributed by atoms with Crippen molar-refractivity contribution in [1.29, 1.82) is 0 Å². The van der Waals surface area contributed by atoms with Gasteiger partial charge in [-0.1, -0.05) is 18.2 Å². The number of rotatable bonds is 4. The van der Waals surface area contributed by atoms with Crippen molar-refractivity contribution in [3.05, 3.63) is 83.2 Å². The summed E-state index contributed by atoms with van der Waals surface area (Å²) in [6, 6.07) is 11.8. The van der Waals surface area contributed by atoms with Crippen LogP contribution in [0.4, 0.5) is 4.39 Å². The maximum atomic E-state index is 13.6. The van der Waals surface area contributed by atoms with Crippen LogP contribution in [0.15, 0.2) is 60.6 Å². The normalized spacial score (nSPS) is 23.8. The number of fused-ring (bicyclic) bond motifs is 1. The molecular weight excluding hydrogens is 433 g/mol. The van der Waals surface area contributed by atoms with Gasteiger partial charge in [0.2, 0.25) is 0 Å². The van der Waals surface area contributed by atoms with Crippen molar-refractivity contribution >= 4 is 12.0 Å². The zero-order valence-corrected chi connectivity index (χ0v) is 19.3. The number of aromatic nitrogens is 2. The highest BCUT2D eigenvalue weighted by atomic mass is 19.1. The SMILES string of the molecule is COc1cc(C=C2CC[C@H]3CC(O)CC(c4ccc(F)cc4)N3C2=O)ccc1-n1cnc(C)c1. The third-order valence-corrected chi connectivity index (χ3v) is 6.81. The van der Waals surface area contributed by atoms with Crippen molar-refractivity contribution in [2.45, 2.75) is 50.8 Å². The van der Waals surface area contributed by atoms with Crippen LogP contribution in [0.3, 0.4) is 0 Å². The van der Waals surface area contributed by atoms with E-state index >= 15 is 0 Å². The Labute approximate surface area is 198 Å². The molecule has 0 saturated carbocycles. The van der Waals surface area contributed by atoms with Crippen LogP contribution in [-0.4, -0.2) is 44.7 Å². The number of ether oxygens (including phenoxy) is 1. The van der Waals surface area contributed by atoms with Crippen molar-refractivity contribution in [1.82, 2.24) is 14.5 Å². The number of aliphatic hydroxyl groups excluding tert-OH is 1. The van der Waals surface area contributed by atoms with Gasteiger partial charge in [0.25, 0.3) is 5.91 Å². The number of piperidine rings is 2. The molecule has 7 heteroatoms. The van der Waals surface area contributed by atoms with E-state index in [1.165, 1.54) is 12.1 Å². The second-order valence-electron chi connectivity index (χ2n) is 9.12. The molecule has 3 heterocycles. The number of nitrogens with zero attached hydrogens (tertiary/aromatic N) is 3. The largest absolute Gasteiger partial charge is 0.495 e. The van der Waals surface area contributed by atoms with Crippen molar-refractivity contribution in [2.75, 3.05) is 7.11 Å². The summed E-state index contributed by atoms with van der Waals surface area (Å²) in [7, 11) is 1.63. The summed E-state index contributed by atoms with van der Waals surface area (Å²) in [5, 5.41) is 10.5. The molecule has 2 aromatic carbocycles. The molecule has 2 aliphatic heterocycles. The van der Waals surface area contributed by atoms with Crippen LogP contribution in [0.1, 0.15) is 48.5 Å². The smallest absolute Gasteiger partial charge is 0.250 e. The Kier molecular flexibility index (Phi) is 5.96. The van der Waals surface area contributed by atoms with Gasteiger partial charge in [-0.05, 0) is 74.1 Å². The minimum absolute atomic E-state index is 0.0225. The summed E-state index contributed by atoms with van der Waals surface area (Å²) < 4.78 is 21.0. The third-order valence-electron chi connectivity index (χ3n) is 6.81. The van der Waals surface area contributed by atoms with Gasteiger partial charge in [0.05, 0.1) is 37.0 Å². The van der Waals surface area contributed by atoms with E-state index in [2.05, 4.69) is 4.98 Å². The van der Waals surface area contributed by atoms with Gasteiger partial charge < -0.3 is 19.3 Å². The maximum Gasteiger partial charge on any atom is 0.250 e. The zero-order valence-electron chi connectivity index (χ0n) is 19.3. The molecule has 1 amide bonds.